The average molecular weight is 369 g/mol. The summed E-state index contributed by atoms with van der Waals surface area (Å²) in [5.74, 6) is -0.0441. The molecule has 3 rings (SSSR count). The summed E-state index contributed by atoms with van der Waals surface area (Å²) in [6.45, 7) is 3.94. The van der Waals surface area contributed by atoms with Crippen molar-refractivity contribution in [3.05, 3.63) is 46.5 Å². The van der Waals surface area contributed by atoms with E-state index in [1.807, 2.05) is 24.3 Å². The molecule has 2 heterocycles. The molecule has 0 aliphatic carbocycles. The van der Waals surface area contributed by atoms with Crippen LogP contribution in [0.2, 0.25) is 0 Å². The third kappa shape index (κ3) is 3.95. The van der Waals surface area contributed by atoms with Gasteiger partial charge in [0.15, 0.2) is 5.13 Å². The number of aryl methyl sites for hydroxylation is 1. The van der Waals surface area contributed by atoms with Gasteiger partial charge in [-0.15, -0.1) is 0 Å². The second-order valence-electron chi connectivity index (χ2n) is 5.83. The summed E-state index contributed by atoms with van der Waals surface area (Å²) < 4.78 is 38.0. The van der Waals surface area contributed by atoms with Crippen LogP contribution in [0.15, 0.2) is 30.5 Å². The Morgan fingerprint density at radius 1 is 1.16 bits per heavy atom. The van der Waals surface area contributed by atoms with Gasteiger partial charge in [-0.05, 0) is 24.1 Å². The molecule has 1 aromatic carbocycles. The number of halogens is 3. The lowest BCUT2D eigenvalue weighted by atomic mass is 10.1. The first-order valence-corrected chi connectivity index (χ1v) is 8.86. The number of hydrogen-bond donors (Lipinski definition) is 0. The predicted octanol–water partition coefficient (Wildman–Crippen LogP) is 3.69. The van der Waals surface area contributed by atoms with Crippen molar-refractivity contribution in [2.75, 3.05) is 31.1 Å². The Morgan fingerprint density at radius 3 is 2.32 bits per heavy atom. The zero-order valence-corrected chi connectivity index (χ0v) is 14.5. The van der Waals surface area contributed by atoms with Gasteiger partial charge in [-0.1, -0.05) is 30.4 Å². The van der Waals surface area contributed by atoms with Crippen molar-refractivity contribution in [2.24, 2.45) is 0 Å². The van der Waals surface area contributed by atoms with E-state index in [-0.39, 0.29) is 5.91 Å². The molecule has 134 valence electrons. The van der Waals surface area contributed by atoms with Crippen LogP contribution in [0.3, 0.4) is 0 Å². The number of benzene rings is 1. The molecule has 1 fully saturated rings. The molecule has 0 N–H and O–H groups in total. The Labute approximate surface area is 147 Å². The maximum absolute atomic E-state index is 12.7. The fraction of sp³-hybridized carbons (Fsp3) is 0.412. The van der Waals surface area contributed by atoms with Gasteiger partial charge in [-0.2, -0.15) is 13.2 Å². The molecule has 0 bridgehead atoms. The van der Waals surface area contributed by atoms with Crippen LogP contribution in [0, 0.1) is 0 Å². The van der Waals surface area contributed by atoms with Gasteiger partial charge in [-0.3, -0.25) is 4.79 Å². The highest BCUT2D eigenvalue weighted by molar-refractivity contribution is 7.15. The van der Waals surface area contributed by atoms with Crippen molar-refractivity contribution in [1.29, 1.82) is 0 Å². The number of aromatic nitrogens is 1. The number of anilines is 1. The van der Waals surface area contributed by atoms with Crippen LogP contribution < -0.4 is 4.90 Å². The molecule has 25 heavy (non-hydrogen) atoms. The molecule has 8 heteroatoms. The van der Waals surface area contributed by atoms with Gasteiger partial charge in [0.25, 0.3) is 5.91 Å². The van der Waals surface area contributed by atoms with Gasteiger partial charge in [0.2, 0.25) is 0 Å². The van der Waals surface area contributed by atoms with E-state index in [4.69, 9.17) is 0 Å². The zero-order chi connectivity index (χ0) is 18.0. The summed E-state index contributed by atoms with van der Waals surface area (Å²) in [5, 5.41) is 0.353. The van der Waals surface area contributed by atoms with Crippen LogP contribution in [0.1, 0.15) is 27.7 Å². The number of carbonyl (C=O) groups excluding carboxylic acids is 1. The highest BCUT2D eigenvalue weighted by atomic mass is 32.1. The second kappa shape index (κ2) is 7.03. The number of carbonyl (C=O) groups is 1. The Bertz CT molecular complexity index is 734. The second-order valence-corrected chi connectivity index (χ2v) is 6.84. The van der Waals surface area contributed by atoms with Crippen LogP contribution in [-0.4, -0.2) is 42.0 Å². The standard InChI is InChI=1S/C17H18F3N3OS/c1-2-12-3-5-13(6-4-12)15(24)22-7-9-23(10-8-22)16-21-11-14(25-16)17(18,19)20/h3-6,11H,2,7-10H2,1H3. The molecular formula is C17H18F3N3OS. The van der Waals surface area contributed by atoms with E-state index in [1.165, 1.54) is 5.56 Å². The summed E-state index contributed by atoms with van der Waals surface area (Å²) in [6.07, 6.45) is -2.58. The van der Waals surface area contributed by atoms with Gasteiger partial charge in [0.1, 0.15) is 4.88 Å². The first kappa shape index (κ1) is 17.7. The summed E-state index contributed by atoms with van der Waals surface area (Å²) in [7, 11) is 0. The first-order valence-electron chi connectivity index (χ1n) is 8.04. The molecule has 0 saturated carbocycles. The summed E-state index contributed by atoms with van der Waals surface area (Å²) in [5.41, 5.74) is 1.81. The molecule has 0 radical (unpaired) electrons. The van der Waals surface area contributed by atoms with Crippen LogP contribution in [-0.2, 0) is 12.6 Å². The maximum atomic E-state index is 12.7. The van der Waals surface area contributed by atoms with Crippen molar-refractivity contribution in [1.82, 2.24) is 9.88 Å². The van der Waals surface area contributed by atoms with Crippen LogP contribution in [0.5, 0.6) is 0 Å². The van der Waals surface area contributed by atoms with Gasteiger partial charge < -0.3 is 9.80 Å². The maximum Gasteiger partial charge on any atom is 0.427 e. The van der Waals surface area contributed by atoms with Crippen LogP contribution in [0.4, 0.5) is 18.3 Å². The Morgan fingerprint density at radius 2 is 1.80 bits per heavy atom. The number of piperazine rings is 1. The molecule has 0 atom stereocenters. The topological polar surface area (TPSA) is 36.4 Å². The van der Waals surface area contributed by atoms with Gasteiger partial charge in [-0.25, -0.2) is 4.98 Å². The fourth-order valence-corrected chi connectivity index (χ4v) is 3.54. The average Bonchev–Trinajstić information content (AvgIpc) is 3.12. The number of nitrogens with zero attached hydrogens (tertiary/aromatic N) is 3. The molecule has 4 nitrogen and oxygen atoms in total. The van der Waals surface area contributed by atoms with Crippen molar-refractivity contribution in [3.8, 4) is 0 Å². The van der Waals surface area contributed by atoms with Gasteiger partial charge >= 0.3 is 6.18 Å². The van der Waals surface area contributed by atoms with Crippen LogP contribution >= 0.6 is 11.3 Å². The normalized spacial score (nSPS) is 15.5. The molecule has 1 aromatic heterocycles. The molecular weight excluding hydrogens is 351 g/mol. The predicted molar refractivity (Wildman–Crippen MR) is 91.1 cm³/mol. The number of hydrogen-bond acceptors (Lipinski definition) is 4. The van der Waals surface area contributed by atoms with Gasteiger partial charge in [0.05, 0.1) is 6.20 Å². The van der Waals surface area contributed by atoms with Gasteiger partial charge in [0, 0.05) is 31.7 Å². The van der Waals surface area contributed by atoms with Crippen LogP contribution in [0.25, 0.3) is 0 Å². The molecule has 0 spiro atoms. The minimum atomic E-state index is -4.36. The number of rotatable bonds is 3. The Balaban J connectivity index is 1.61. The third-order valence-corrected chi connectivity index (χ3v) is 5.32. The Kier molecular flexibility index (Phi) is 4.99. The first-order chi connectivity index (χ1) is 11.9. The van der Waals surface area contributed by atoms with E-state index in [2.05, 4.69) is 11.9 Å². The number of amides is 1. The molecule has 1 aliphatic rings. The summed E-state index contributed by atoms with van der Waals surface area (Å²) in [4.78, 5) is 19.2. The van der Waals surface area contributed by atoms with Crippen molar-refractivity contribution >= 4 is 22.4 Å². The summed E-state index contributed by atoms with van der Waals surface area (Å²) >= 11 is 0.643. The Hall–Kier alpha value is -2.09. The quantitative estimate of drug-likeness (QED) is 0.828. The lowest BCUT2D eigenvalue weighted by molar-refractivity contribution is -0.134. The molecule has 1 saturated heterocycles. The van der Waals surface area contributed by atoms with Crippen molar-refractivity contribution in [2.45, 2.75) is 19.5 Å². The van der Waals surface area contributed by atoms with Crippen molar-refractivity contribution < 1.29 is 18.0 Å². The smallest absolute Gasteiger partial charge is 0.345 e. The summed E-state index contributed by atoms with van der Waals surface area (Å²) in [6, 6.07) is 7.53. The monoisotopic (exact) mass is 369 g/mol. The minimum Gasteiger partial charge on any atom is -0.345 e. The van der Waals surface area contributed by atoms with E-state index >= 15 is 0 Å². The lowest BCUT2D eigenvalue weighted by Gasteiger charge is -2.34. The van der Waals surface area contributed by atoms with E-state index in [9.17, 15) is 18.0 Å². The van der Waals surface area contributed by atoms with E-state index in [0.717, 1.165) is 12.6 Å². The highest BCUT2D eigenvalue weighted by Gasteiger charge is 2.34. The molecule has 1 aliphatic heterocycles. The number of thiazole rings is 1. The van der Waals surface area contributed by atoms with E-state index < -0.39 is 11.1 Å². The third-order valence-electron chi connectivity index (χ3n) is 4.22. The molecule has 2 aromatic rings. The lowest BCUT2D eigenvalue weighted by Crippen LogP contribution is -2.48. The largest absolute Gasteiger partial charge is 0.427 e. The fourth-order valence-electron chi connectivity index (χ4n) is 2.71. The van der Waals surface area contributed by atoms with E-state index in [1.54, 1.807) is 9.80 Å². The molecule has 1 amide bonds. The SMILES string of the molecule is CCc1ccc(C(=O)N2CCN(c3ncc(C(F)(F)F)s3)CC2)cc1. The van der Waals surface area contributed by atoms with E-state index in [0.29, 0.717) is 48.2 Å². The molecule has 0 unspecified atom stereocenters. The highest BCUT2D eigenvalue weighted by Crippen LogP contribution is 2.36. The van der Waals surface area contributed by atoms with Crippen molar-refractivity contribution in [3.63, 3.8) is 0 Å². The number of alkyl halides is 3. The zero-order valence-electron chi connectivity index (χ0n) is 13.7. The minimum absolute atomic E-state index is 0.0441.